The van der Waals surface area contributed by atoms with Crippen LogP contribution < -0.4 is 5.32 Å². The molecule has 1 N–H and O–H groups in total. The third-order valence-electron chi connectivity index (χ3n) is 3.94. The number of halogens is 1. The number of hydrogen-bond donors (Lipinski definition) is 1. The van der Waals surface area contributed by atoms with Gasteiger partial charge in [0.1, 0.15) is 6.07 Å². The number of nitrogens with zero attached hydrogens (tertiary/aromatic N) is 2. The molecule has 18 heavy (non-hydrogen) atoms. The van der Waals surface area contributed by atoms with E-state index in [9.17, 15) is 0 Å². The van der Waals surface area contributed by atoms with Gasteiger partial charge in [-0.3, -0.25) is 0 Å². The number of rotatable bonds is 4. The average molecular weight is 264 g/mol. The first-order valence-electron chi connectivity index (χ1n) is 6.18. The first kappa shape index (κ1) is 13.2. The molecular weight excluding hydrogens is 246 g/mol. The highest BCUT2D eigenvalue weighted by Gasteiger charge is 2.38. The molecule has 0 spiro atoms. The number of likely N-dealkylation sites (N-methyl/N-ethyl adjacent to an activating group) is 1. The minimum absolute atomic E-state index is 0.231. The minimum atomic E-state index is 0.231. The van der Waals surface area contributed by atoms with Crippen molar-refractivity contribution in [2.24, 2.45) is 0 Å². The van der Waals surface area contributed by atoms with Crippen LogP contribution in [0.25, 0.3) is 0 Å². The number of nitrogens with one attached hydrogen (secondary N) is 1. The molecule has 0 amide bonds. The van der Waals surface area contributed by atoms with Crippen LogP contribution in [0.3, 0.4) is 0 Å². The van der Waals surface area contributed by atoms with E-state index in [1.807, 2.05) is 6.07 Å². The third kappa shape index (κ3) is 2.45. The summed E-state index contributed by atoms with van der Waals surface area (Å²) in [6, 6.07) is 7.52. The largest absolute Gasteiger partial charge is 0.382 e. The molecule has 1 aromatic rings. The second-order valence-electron chi connectivity index (χ2n) is 5.13. The van der Waals surface area contributed by atoms with E-state index in [1.165, 1.54) is 19.3 Å². The lowest BCUT2D eigenvalue weighted by atomic mass is 9.75. The van der Waals surface area contributed by atoms with E-state index >= 15 is 0 Å². The highest BCUT2D eigenvalue weighted by atomic mass is 35.5. The van der Waals surface area contributed by atoms with E-state index < -0.39 is 0 Å². The lowest BCUT2D eigenvalue weighted by molar-refractivity contribution is 0.0739. The topological polar surface area (TPSA) is 39.1 Å². The highest BCUT2D eigenvalue weighted by molar-refractivity contribution is 6.30. The Morgan fingerprint density at radius 2 is 2.17 bits per heavy atom. The zero-order valence-corrected chi connectivity index (χ0v) is 11.6. The van der Waals surface area contributed by atoms with Crippen LogP contribution in [0.4, 0.5) is 5.69 Å². The molecule has 0 radical (unpaired) electrons. The Balaban J connectivity index is 2.11. The zero-order valence-electron chi connectivity index (χ0n) is 10.8. The smallest absolute Gasteiger partial charge is 0.101 e. The summed E-state index contributed by atoms with van der Waals surface area (Å²) in [4.78, 5) is 2.28. The van der Waals surface area contributed by atoms with Crippen LogP contribution in [-0.4, -0.2) is 31.1 Å². The number of hydrogen-bond acceptors (Lipinski definition) is 3. The lowest BCUT2D eigenvalue weighted by Gasteiger charge is -2.47. The van der Waals surface area contributed by atoms with Gasteiger partial charge in [0.25, 0.3) is 0 Å². The summed E-state index contributed by atoms with van der Waals surface area (Å²) in [5, 5.41) is 13.1. The molecule has 96 valence electrons. The van der Waals surface area contributed by atoms with Crippen LogP contribution in [0, 0.1) is 11.3 Å². The van der Waals surface area contributed by atoms with Gasteiger partial charge in [-0.2, -0.15) is 5.26 Å². The molecule has 1 saturated carbocycles. The van der Waals surface area contributed by atoms with Gasteiger partial charge in [-0.25, -0.2) is 0 Å². The average Bonchev–Trinajstić information content (AvgIpc) is 2.27. The molecule has 0 aromatic heterocycles. The van der Waals surface area contributed by atoms with Crippen LogP contribution in [-0.2, 0) is 0 Å². The molecule has 0 saturated heterocycles. The fourth-order valence-corrected chi connectivity index (χ4v) is 2.56. The molecule has 1 aliphatic carbocycles. The molecule has 0 unspecified atom stereocenters. The van der Waals surface area contributed by atoms with Crippen LogP contribution >= 0.6 is 11.6 Å². The minimum Gasteiger partial charge on any atom is -0.382 e. The van der Waals surface area contributed by atoms with Crippen molar-refractivity contribution in [3.8, 4) is 6.07 Å². The summed E-state index contributed by atoms with van der Waals surface area (Å²) in [6.45, 7) is 0.856. The molecule has 1 fully saturated rings. The van der Waals surface area contributed by atoms with Gasteiger partial charge >= 0.3 is 0 Å². The van der Waals surface area contributed by atoms with Gasteiger partial charge in [-0.15, -0.1) is 0 Å². The molecule has 0 atom stereocenters. The van der Waals surface area contributed by atoms with E-state index in [0.29, 0.717) is 10.6 Å². The molecule has 1 aromatic carbocycles. The Bertz CT molecular complexity index is 472. The van der Waals surface area contributed by atoms with E-state index in [2.05, 4.69) is 30.4 Å². The summed E-state index contributed by atoms with van der Waals surface area (Å²) in [6.07, 6.45) is 3.69. The van der Waals surface area contributed by atoms with Crippen molar-refractivity contribution < 1.29 is 0 Å². The molecular formula is C14H18ClN3. The maximum atomic E-state index is 9.08. The molecule has 2 rings (SSSR count). The van der Waals surface area contributed by atoms with Gasteiger partial charge in [0, 0.05) is 17.1 Å². The van der Waals surface area contributed by atoms with E-state index in [-0.39, 0.29) is 5.54 Å². The second kappa shape index (κ2) is 5.17. The van der Waals surface area contributed by atoms with Gasteiger partial charge in [-0.1, -0.05) is 11.6 Å². The van der Waals surface area contributed by atoms with Crippen molar-refractivity contribution in [1.82, 2.24) is 4.90 Å². The number of anilines is 1. The van der Waals surface area contributed by atoms with Gasteiger partial charge in [0.05, 0.1) is 11.3 Å². The summed E-state index contributed by atoms with van der Waals surface area (Å²) in [5.74, 6) is 0. The first-order valence-corrected chi connectivity index (χ1v) is 6.56. The van der Waals surface area contributed by atoms with E-state index in [1.54, 1.807) is 12.1 Å². The SMILES string of the molecule is CN(C)C1(CNc2cc(Cl)ccc2C#N)CCC1. The van der Waals surface area contributed by atoms with Crippen LogP contribution in [0.2, 0.25) is 5.02 Å². The van der Waals surface area contributed by atoms with Crippen molar-refractivity contribution in [3.63, 3.8) is 0 Å². The fraction of sp³-hybridized carbons (Fsp3) is 0.500. The first-order chi connectivity index (χ1) is 8.57. The highest BCUT2D eigenvalue weighted by Crippen LogP contribution is 2.36. The maximum Gasteiger partial charge on any atom is 0.101 e. The van der Waals surface area contributed by atoms with Crippen molar-refractivity contribution in [1.29, 1.82) is 5.26 Å². The van der Waals surface area contributed by atoms with Gasteiger partial charge in [0.15, 0.2) is 0 Å². The van der Waals surface area contributed by atoms with Crippen LogP contribution in [0.5, 0.6) is 0 Å². The predicted molar refractivity (Wildman–Crippen MR) is 74.9 cm³/mol. The van der Waals surface area contributed by atoms with E-state index in [4.69, 9.17) is 16.9 Å². The molecule has 0 aliphatic heterocycles. The maximum absolute atomic E-state index is 9.08. The third-order valence-corrected chi connectivity index (χ3v) is 4.18. The van der Waals surface area contributed by atoms with Crippen molar-refractivity contribution >= 4 is 17.3 Å². The monoisotopic (exact) mass is 263 g/mol. The number of benzene rings is 1. The Hall–Kier alpha value is -1.24. The summed E-state index contributed by atoms with van der Waals surface area (Å²) < 4.78 is 0. The van der Waals surface area contributed by atoms with Crippen molar-refractivity contribution in [2.45, 2.75) is 24.8 Å². The number of nitriles is 1. The summed E-state index contributed by atoms with van der Waals surface area (Å²) in [5.41, 5.74) is 1.71. The standard InChI is InChI=1S/C14H18ClN3/c1-18(2)14(6-3-7-14)10-17-13-8-12(15)5-4-11(13)9-16/h4-5,8,17H,3,6-7,10H2,1-2H3. The zero-order chi connectivity index (χ0) is 13.2. The molecule has 0 bridgehead atoms. The van der Waals surface area contributed by atoms with Crippen molar-refractivity contribution in [3.05, 3.63) is 28.8 Å². The van der Waals surface area contributed by atoms with Crippen molar-refractivity contribution in [2.75, 3.05) is 26.0 Å². The molecule has 4 heteroatoms. The lowest BCUT2D eigenvalue weighted by Crippen LogP contribution is -2.54. The fourth-order valence-electron chi connectivity index (χ4n) is 2.39. The Kier molecular flexibility index (Phi) is 3.79. The quantitative estimate of drug-likeness (QED) is 0.907. The van der Waals surface area contributed by atoms with Crippen LogP contribution in [0.1, 0.15) is 24.8 Å². The normalized spacial score (nSPS) is 17.1. The predicted octanol–water partition coefficient (Wildman–Crippen LogP) is 3.11. The summed E-state index contributed by atoms with van der Waals surface area (Å²) in [7, 11) is 4.23. The van der Waals surface area contributed by atoms with E-state index in [0.717, 1.165) is 12.2 Å². The Morgan fingerprint density at radius 3 is 2.67 bits per heavy atom. The molecule has 0 heterocycles. The molecule has 3 nitrogen and oxygen atoms in total. The molecule has 1 aliphatic rings. The van der Waals surface area contributed by atoms with Crippen LogP contribution in [0.15, 0.2) is 18.2 Å². The Morgan fingerprint density at radius 1 is 1.44 bits per heavy atom. The second-order valence-corrected chi connectivity index (χ2v) is 5.56. The van der Waals surface area contributed by atoms with Gasteiger partial charge < -0.3 is 10.2 Å². The van der Waals surface area contributed by atoms with Gasteiger partial charge in [-0.05, 0) is 51.6 Å². The van der Waals surface area contributed by atoms with Gasteiger partial charge in [0.2, 0.25) is 0 Å². The summed E-state index contributed by atoms with van der Waals surface area (Å²) >= 11 is 5.97. The Labute approximate surface area is 113 Å².